The minimum Gasteiger partial charge on any atom is -0.378 e. The average Bonchev–Trinajstić information content (AvgIpc) is 2.84. The maximum Gasteiger partial charge on any atom is 0.0465 e. The second kappa shape index (κ2) is 5.82. The highest BCUT2D eigenvalue weighted by atomic mass is 15.0. The van der Waals surface area contributed by atoms with Crippen LogP contribution in [0.1, 0.15) is 84.8 Å². The summed E-state index contributed by atoms with van der Waals surface area (Å²) in [4.78, 5) is 3.66. The van der Waals surface area contributed by atoms with Crippen LogP contribution in [0.4, 0.5) is 0 Å². The minimum absolute atomic E-state index is 0.158. The highest BCUT2D eigenvalue weighted by molar-refractivity contribution is 5.74. The van der Waals surface area contributed by atoms with Gasteiger partial charge in [-0.2, -0.15) is 0 Å². The zero-order valence-corrected chi connectivity index (χ0v) is 17.6. The molecular weight excluding hydrogens is 292 g/mol. The molecule has 134 valence electrons. The van der Waals surface area contributed by atoms with E-state index in [9.17, 15) is 0 Å². The molecule has 0 spiro atoms. The standard InChI is InChI=1S/C22H36N2/c1-12-17(21(6,7)8)15(4)23-19(12)14(3)20-13(2)18(16(5)24-20)22(9,10)11/h15,23-24H,1-11H3/b19-14-. The van der Waals surface area contributed by atoms with E-state index in [1.54, 1.807) is 0 Å². The fourth-order valence-corrected chi connectivity index (χ4v) is 4.83. The highest BCUT2D eigenvalue weighted by Gasteiger charge is 2.33. The molecule has 1 unspecified atom stereocenters. The molecule has 0 saturated carbocycles. The Morgan fingerprint density at radius 1 is 0.917 bits per heavy atom. The van der Waals surface area contributed by atoms with E-state index < -0.39 is 0 Å². The Hall–Kier alpha value is -1.44. The molecule has 0 fully saturated rings. The molecule has 0 aliphatic carbocycles. The average molecular weight is 329 g/mol. The van der Waals surface area contributed by atoms with Crippen molar-refractivity contribution in [3.63, 3.8) is 0 Å². The van der Waals surface area contributed by atoms with E-state index in [1.165, 1.54) is 44.9 Å². The Labute approximate surface area is 148 Å². The van der Waals surface area contributed by atoms with Crippen molar-refractivity contribution in [3.8, 4) is 0 Å². The number of H-pyrrole nitrogens is 1. The topological polar surface area (TPSA) is 27.8 Å². The van der Waals surface area contributed by atoms with Crippen LogP contribution in [0.3, 0.4) is 0 Å². The first-order valence-corrected chi connectivity index (χ1v) is 9.15. The van der Waals surface area contributed by atoms with Gasteiger partial charge in [-0.05, 0) is 73.3 Å². The van der Waals surface area contributed by atoms with Gasteiger partial charge in [0.25, 0.3) is 0 Å². The number of aryl methyl sites for hydroxylation is 1. The van der Waals surface area contributed by atoms with E-state index in [4.69, 9.17) is 0 Å². The van der Waals surface area contributed by atoms with Crippen LogP contribution in [0.5, 0.6) is 0 Å². The summed E-state index contributed by atoms with van der Waals surface area (Å²) in [7, 11) is 0. The normalized spacial score (nSPS) is 21.4. The largest absolute Gasteiger partial charge is 0.378 e. The smallest absolute Gasteiger partial charge is 0.0465 e. The van der Waals surface area contributed by atoms with Crippen LogP contribution < -0.4 is 5.32 Å². The fourth-order valence-electron chi connectivity index (χ4n) is 4.83. The van der Waals surface area contributed by atoms with Crippen LogP contribution in [0.15, 0.2) is 16.8 Å². The third-order valence-corrected chi connectivity index (χ3v) is 5.32. The van der Waals surface area contributed by atoms with Crippen molar-refractivity contribution in [1.29, 1.82) is 0 Å². The molecule has 0 aromatic carbocycles. The van der Waals surface area contributed by atoms with Crippen LogP contribution in [0.2, 0.25) is 0 Å². The molecule has 0 amide bonds. The molecule has 2 N–H and O–H groups in total. The van der Waals surface area contributed by atoms with Crippen LogP contribution in [-0.2, 0) is 5.41 Å². The van der Waals surface area contributed by atoms with Crippen LogP contribution in [-0.4, -0.2) is 11.0 Å². The summed E-state index contributed by atoms with van der Waals surface area (Å²) in [6, 6.07) is 0.397. The van der Waals surface area contributed by atoms with Gasteiger partial charge in [-0.25, -0.2) is 0 Å². The third-order valence-electron chi connectivity index (χ3n) is 5.32. The van der Waals surface area contributed by atoms with Gasteiger partial charge in [0, 0.05) is 23.1 Å². The summed E-state index contributed by atoms with van der Waals surface area (Å²) in [6.07, 6.45) is 0. The van der Waals surface area contributed by atoms with Crippen molar-refractivity contribution in [3.05, 3.63) is 39.4 Å². The van der Waals surface area contributed by atoms with Crippen molar-refractivity contribution in [2.75, 3.05) is 0 Å². The molecular formula is C22H36N2. The van der Waals surface area contributed by atoms with Gasteiger partial charge in [0.05, 0.1) is 0 Å². The number of hydrogen-bond acceptors (Lipinski definition) is 1. The van der Waals surface area contributed by atoms with Crippen molar-refractivity contribution in [2.24, 2.45) is 5.41 Å². The van der Waals surface area contributed by atoms with Gasteiger partial charge in [-0.15, -0.1) is 0 Å². The van der Waals surface area contributed by atoms with E-state index in [0.29, 0.717) is 6.04 Å². The lowest BCUT2D eigenvalue weighted by Crippen LogP contribution is -2.26. The lowest BCUT2D eigenvalue weighted by Gasteiger charge is -2.25. The summed E-state index contributed by atoms with van der Waals surface area (Å²) >= 11 is 0. The van der Waals surface area contributed by atoms with Crippen LogP contribution in [0, 0.1) is 19.3 Å². The maximum atomic E-state index is 3.74. The molecule has 1 atom stereocenters. The minimum atomic E-state index is 0.158. The van der Waals surface area contributed by atoms with Gasteiger partial charge in [0.15, 0.2) is 0 Å². The van der Waals surface area contributed by atoms with Gasteiger partial charge in [0.2, 0.25) is 0 Å². The Bertz CT molecular complexity index is 712. The number of aromatic amines is 1. The van der Waals surface area contributed by atoms with Gasteiger partial charge in [0.1, 0.15) is 0 Å². The summed E-state index contributed by atoms with van der Waals surface area (Å²) in [5, 5.41) is 3.74. The SMILES string of the molecule is CC1=C(C(C)(C)C)C(C)N/C1=C(/C)c1[nH]c(C)c(C(C)(C)C)c1C. The summed E-state index contributed by atoms with van der Waals surface area (Å²) in [6.45, 7) is 25.1. The van der Waals surface area contributed by atoms with Crippen LogP contribution >= 0.6 is 0 Å². The second-order valence-electron chi connectivity index (χ2n) is 9.53. The Kier molecular flexibility index (Phi) is 4.58. The molecule has 1 aromatic rings. The van der Waals surface area contributed by atoms with E-state index in [0.717, 1.165) is 0 Å². The maximum absolute atomic E-state index is 3.74. The number of hydrogen-bond donors (Lipinski definition) is 2. The Morgan fingerprint density at radius 2 is 1.46 bits per heavy atom. The van der Waals surface area contributed by atoms with Crippen molar-refractivity contribution in [1.82, 2.24) is 10.3 Å². The molecule has 0 bridgehead atoms. The van der Waals surface area contributed by atoms with E-state index in [-0.39, 0.29) is 10.8 Å². The first kappa shape index (κ1) is 18.9. The number of rotatable bonds is 1. The monoisotopic (exact) mass is 328 g/mol. The molecule has 2 nitrogen and oxygen atoms in total. The van der Waals surface area contributed by atoms with Gasteiger partial charge >= 0.3 is 0 Å². The molecule has 24 heavy (non-hydrogen) atoms. The quantitative estimate of drug-likeness (QED) is 0.648. The zero-order valence-electron chi connectivity index (χ0n) is 17.6. The van der Waals surface area contributed by atoms with Gasteiger partial charge in [-0.3, -0.25) is 0 Å². The number of nitrogens with one attached hydrogen (secondary N) is 2. The third kappa shape index (κ3) is 3.08. The van der Waals surface area contributed by atoms with Crippen molar-refractivity contribution < 1.29 is 0 Å². The van der Waals surface area contributed by atoms with Gasteiger partial charge < -0.3 is 10.3 Å². The van der Waals surface area contributed by atoms with Crippen molar-refractivity contribution in [2.45, 2.75) is 87.6 Å². The summed E-state index contributed by atoms with van der Waals surface area (Å²) in [5.74, 6) is 0. The van der Waals surface area contributed by atoms with E-state index in [1.807, 2.05) is 0 Å². The lowest BCUT2D eigenvalue weighted by molar-refractivity contribution is 0.463. The summed E-state index contributed by atoms with van der Waals surface area (Å²) in [5.41, 5.74) is 11.3. The molecule has 0 radical (unpaired) electrons. The molecule has 1 aromatic heterocycles. The van der Waals surface area contributed by atoms with Crippen LogP contribution in [0.25, 0.3) is 5.57 Å². The molecule has 2 heteroatoms. The first-order valence-electron chi connectivity index (χ1n) is 9.15. The first-order chi connectivity index (χ1) is 10.8. The summed E-state index contributed by atoms with van der Waals surface area (Å²) < 4.78 is 0. The predicted octanol–water partition coefficient (Wildman–Crippen LogP) is 6.01. The van der Waals surface area contributed by atoms with Gasteiger partial charge in [-0.1, -0.05) is 41.5 Å². The predicted molar refractivity (Wildman–Crippen MR) is 106 cm³/mol. The Morgan fingerprint density at radius 3 is 1.83 bits per heavy atom. The molecule has 2 heterocycles. The Balaban J connectivity index is 2.64. The second-order valence-corrected chi connectivity index (χ2v) is 9.53. The van der Waals surface area contributed by atoms with E-state index in [2.05, 4.69) is 86.5 Å². The number of allylic oxidation sites excluding steroid dienone is 2. The lowest BCUT2D eigenvalue weighted by atomic mass is 9.81. The molecule has 2 rings (SSSR count). The molecule has 1 aliphatic heterocycles. The molecule has 0 saturated heterocycles. The zero-order chi connectivity index (χ0) is 18.6. The van der Waals surface area contributed by atoms with Crippen molar-refractivity contribution >= 4 is 5.57 Å². The van der Waals surface area contributed by atoms with E-state index >= 15 is 0 Å². The fraction of sp³-hybridized carbons (Fsp3) is 0.636. The molecule has 1 aliphatic rings. The highest BCUT2D eigenvalue weighted by Crippen LogP contribution is 2.41. The number of aromatic nitrogens is 1.